The molecule has 0 saturated carbocycles. The third kappa shape index (κ3) is 12.2. The van der Waals surface area contributed by atoms with Crippen LogP contribution < -0.4 is 5.73 Å². The van der Waals surface area contributed by atoms with Crippen LogP contribution in [0, 0.1) is 0 Å². The fraction of sp³-hybridized carbons (Fsp3) is 0.933. The van der Waals surface area contributed by atoms with Crippen molar-refractivity contribution in [3.63, 3.8) is 0 Å². The van der Waals surface area contributed by atoms with E-state index in [0.717, 1.165) is 12.8 Å². The quantitative estimate of drug-likeness (QED) is 0.381. The first-order valence-corrected chi connectivity index (χ1v) is 8.05. The van der Waals surface area contributed by atoms with Crippen molar-refractivity contribution in [3.8, 4) is 0 Å². The molecule has 0 aliphatic heterocycles. The van der Waals surface area contributed by atoms with Crippen LogP contribution in [0.5, 0.6) is 0 Å². The van der Waals surface area contributed by atoms with Gasteiger partial charge in [0.2, 0.25) is 5.91 Å². The summed E-state index contributed by atoms with van der Waals surface area (Å²) < 4.78 is 0. The number of primary amides is 1. The van der Waals surface area contributed by atoms with Gasteiger partial charge in [0, 0.05) is 0 Å². The van der Waals surface area contributed by atoms with Crippen LogP contribution in [-0.4, -0.2) is 11.3 Å². The molecule has 0 aliphatic rings. The van der Waals surface area contributed by atoms with Gasteiger partial charge in [-0.3, -0.25) is 4.79 Å². The Morgan fingerprint density at radius 1 is 0.889 bits per heavy atom. The SMILES string of the molecule is CCCCCCCCCCCCCC(Cl)C(N)=O. The number of unbranched alkanes of at least 4 members (excludes halogenated alkanes) is 10. The summed E-state index contributed by atoms with van der Waals surface area (Å²) in [6, 6.07) is 0. The topological polar surface area (TPSA) is 43.1 Å². The number of hydrogen-bond acceptors (Lipinski definition) is 1. The fourth-order valence-electron chi connectivity index (χ4n) is 2.13. The van der Waals surface area contributed by atoms with Gasteiger partial charge >= 0.3 is 0 Å². The predicted molar refractivity (Wildman–Crippen MR) is 79.9 cm³/mol. The molecule has 0 aromatic carbocycles. The highest BCUT2D eigenvalue weighted by Crippen LogP contribution is 2.13. The minimum Gasteiger partial charge on any atom is -0.368 e. The van der Waals surface area contributed by atoms with Crippen molar-refractivity contribution >= 4 is 17.5 Å². The van der Waals surface area contributed by atoms with Crippen molar-refractivity contribution in [2.24, 2.45) is 5.73 Å². The van der Waals surface area contributed by atoms with Crippen LogP contribution in [0.25, 0.3) is 0 Å². The average Bonchev–Trinajstić information content (AvgIpc) is 2.35. The first kappa shape index (κ1) is 17.8. The van der Waals surface area contributed by atoms with Crippen molar-refractivity contribution in [2.45, 2.75) is 89.4 Å². The molecular formula is C15H30ClNO. The van der Waals surface area contributed by atoms with Crippen molar-refractivity contribution in [3.05, 3.63) is 0 Å². The zero-order valence-corrected chi connectivity index (χ0v) is 12.7. The van der Waals surface area contributed by atoms with E-state index < -0.39 is 5.38 Å². The zero-order chi connectivity index (χ0) is 13.6. The summed E-state index contributed by atoms with van der Waals surface area (Å²) in [6.45, 7) is 2.25. The minimum absolute atomic E-state index is 0.385. The summed E-state index contributed by atoms with van der Waals surface area (Å²) in [6.07, 6.45) is 15.1. The molecule has 1 unspecified atom stereocenters. The van der Waals surface area contributed by atoms with E-state index in [4.69, 9.17) is 17.3 Å². The Morgan fingerprint density at radius 2 is 1.28 bits per heavy atom. The maximum atomic E-state index is 10.7. The van der Waals surface area contributed by atoms with Gasteiger partial charge in [0.1, 0.15) is 5.38 Å². The molecule has 0 fully saturated rings. The molecule has 0 aromatic rings. The Kier molecular flexibility index (Phi) is 13.0. The second-order valence-corrected chi connectivity index (χ2v) is 5.72. The van der Waals surface area contributed by atoms with Gasteiger partial charge < -0.3 is 5.73 Å². The van der Waals surface area contributed by atoms with Crippen molar-refractivity contribution in [1.82, 2.24) is 0 Å². The van der Waals surface area contributed by atoms with Gasteiger partial charge in [0.05, 0.1) is 0 Å². The highest BCUT2D eigenvalue weighted by atomic mass is 35.5. The molecule has 1 amide bonds. The standard InChI is InChI=1S/C15H30ClNO/c1-2-3-4-5-6-7-8-9-10-11-12-13-14(16)15(17)18/h14H,2-13H2,1H3,(H2,17,18). The van der Waals surface area contributed by atoms with E-state index in [1.807, 2.05) is 0 Å². The van der Waals surface area contributed by atoms with E-state index in [9.17, 15) is 4.79 Å². The van der Waals surface area contributed by atoms with Gasteiger partial charge in [0.25, 0.3) is 0 Å². The van der Waals surface area contributed by atoms with E-state index in [2.05, 4.69) is 6.92 Å². The summed E-state index contributed by atoms with van der Waals surface area (Å²) in [7, 11) is 0. The second-order valence-electron chi connectivity index (χ2n) is 5.19. The van der Waals surface area contributed by atoms with Crippen LogP contribution in [-0.2, 0) is 4.79 Å². The number of rotatable bonds is 13. The summed E-state index contributed by atoms with van der Waals surface area (Å²) >= 11 is 5.76. The Balaban J connectivity index is 3.05. The van der Waals surface area contributed by atoms with E-state index in [0.29, 0.717) is 0 Å². The monoisotopic (exact) mass is 275 g/mol. The van der Waals surface area contributed by atoms with E-state index in [1.165, 1.54) is 64.2 Å². The maximum absolute atomic E-state index is 10.7. The van der Waals surface area contributed by atoms with Crippen LogP contribution >= 0.6 is 11.6 Å². The third-order valence-corrected chi connectivity index (χ3v) is 3.80. The highest BCUT2D eigenvalue weighted by Gasteiger charge is 2.09. The second kappa shape index (κ2) is 13.2. The van der Waals surface area contributed by atoms with Gasteiger partial charge in [-0.15, -0.1) is 11.6 Å². The molecule has 0 aliphatic carbocycles. The van der Waals surface area contributed by atoms with Gasteiger partial charge in [0.15, 0.2) is 0 Å². The molecule has 0 heterocycles. The average molecular weight is 276 g/mol. The molecule has 0 bridgehead atoms. The minimum atomic E-state index is -0.469. The lowest BCUT2D eigenvalue weighted by Gasteiger charge is -2.05. The zero-order valence-electron chi connectivity index (χ0n) is 11.9. The third-order valence-electron chi connectivity index (χ3n) is 3.37. The molecule has 18 heavy (non-hydrogen) atoms. The molecule has 1 atom stereocenters. The van der Waals surface area contributed by atoms with Crippen LogP contribution in [0.15, 0.2) is 0 Å². The maximum Gasteiger partial charge on any atom is 0.235 e. The van der Waals surface area contributed by atoms with E-state index in [1.54, 1.807) is 0 Å². The molecule has 0 rings (SSSR count). The first-order valence-electron chi connectivity index (χ1n) is 7.62. The lowest BCUT2D eigenvalue weighted by atomic mass is 10.0. The molecule has 0 radical (unpaired) electrons. The lowest BCUT2D eigenvalue weighted by Crippen LogP contribution is -2.23. The lowest BCUT2D eigenvalue weighted by molar-refractivity contribution is -0.117. The Hall–Kier alpha value is -0.240. The number of amides is 1. The summed E-state index contributed by atoms with van der Waals surface area (Å²) in [5.41, 5.74) is 5.10. The van der Waals surface area contributed by atoms with E-state index in [-0.39, 0.29) is 5.91 Å². The molecule has 2 N–H and O–H groups in total. The van der Waals surface area contributed by atoms with Crippen LogP contribution in [0.3, 0.4) is 0 Å². The molecule has 2 nitrogen and oxygen atoms in total. The Bertz CT molecular complexity index is 197. The highest BCUT2D eigenvalue weighted by molar-refractivity contribution is 6.30. The van der Waals surface area contributed by atoms with Crippen LogP contribution in [0.2, 0.25) is 0 Å². The predicted octanol–water partition coefficient (Wildman–Crippen LogP) is 4.78. The summed E-state index contributed by atoms with van der Waals surface area (Å²) in [5, 5.41) is -0.469. The number of carbonyl (C=O) groups is 1. The number of halogens is 1. The summed E-state index contributed by atoms with van der Waals surface area (Å²) in [5.74, 6) is -0.385. The number of carbonyl (C=O) groups excluding carboxylic acids is 1. The Morgan fingerprint density at radius 3 is 1.67 bits per heavy atom. The smallest absolute Gasteiger partial charge is 0.235 e. The van der Waals surface area contributed by atoms with Crippen LogP contribution in [0.1, 0.15) is 84.0 Å². The molecular weight excluding hydrogens is 246 g/mol. The molecule has 108 valence electrons. The van der Waals surface area contributed by atoms with Crippen molar-refractivity contribution in [1.29, 1.82) is 0 Å². The number of nitrogens with two attached hydrogens (primary N) is 1. The number of hydrogen-bond donors (Lipinski definition) is 1. The van der Waals surface area contributed by atoms with E-state index >= 15 is 0 Å². The van der Waals surface area contributed by atoms with Crippen molar-refractivity contribution < 1.29 is 4.79 Å². The van der Waals surface area contributed by atoms with Crippen LogP contribution in [0.4, 0.5) is 0 Å². The Labute approximate surface area is 118 Å². The fourth-order valence-corrected chi connectivity index (χ4v) is 2.28. The molecule has 0 spiro atoms. The molecule has 3 heteroatoms. The first-order chi connectivity index (χ1) is 8.68. The van der Waals surface area contributed by atoms with Gasteiger partial charge in [-0.05, 0) is 6.42 Å². The largest absolute Gasteiger partial charge is 0.368 e. The van der Waals surface area contributed by atoms with Gasteiger partial charge in [-0.2, -0.15) is 0 Å². The van der Waals surface area contributed by atoms with Gasteiger partial charge in [-0.25, -0.2) is 0 Å². The molecule has 0 aromatic heterocycles. The van der Waals surface area contributed by atoms with Crippen molar-refractivity contribution in [2.75, 3.05) is 0 Å². The summed E-state index contributed by atoms with van der Waals surface area (Å²) in [4.78, 5) is 10.7. The molecule has 0 saturated heterocycles. The number of alkyl halides is 1. The van der Waals surface area contributed by atoms with Gasteiger partial charge in [-0.1, -0.05) is 77.6 Å². The normalized spacial score (nSPS) is 12.6.